The molecule has 104 valence electrons. The lowest BCUT2D eigenvalue weighted by atomic mass is 10.2. The van der Waals surface area contributed by atoms with Gasteiger partial charge in [0.1, 0.15) is 12.9 Å². The number of nitro groups is 1. The average molecular weight is 274 g/mol. The van der Waals surface area contributed by atoms with Crippen molar-refractivity contribution in [2.45, 2.75) is 18.9 Å². The molecule has 2 aromatic rings. The number of hydrogen-bond donors (Lipinski definition) is 1. The maximum absolute atomic E-state index is 10.8. The van der Waals surface area contributed by atoms with E-state index in [-0.39, 0.29) is 5.69 Å². The molecule has 1 atom stereocenters. The van der Waals surface area contributed by atoms with Crippen LogP contribution in [0.4, 0.5) is 5.69 Å². The van der Waals surface area contributed by atoms with Crippen molar-refractivity contribution >= 4 is 16.6 Å². The first-order chi connectivity index (χ1) is 9.74. The summed E-state index contributed by atoms with van der Waals surface area (Å²) < 4.78 is 5.70. The zero-order chi connectivity index (χ0) is 13.9. The van der Waals surface area contributed by atoms with E-state index in [1.807, 2.05) is 0 Å². The molecular weight excluding hydrogens is 260 g/mol. The number of nitrogens with zero attached hydrogens (tertiary/aromatic N) is 3. The van der Waals surface area contributed by atoms with Crippen molar-refractivity contribution in [3.63, 3.8) is 0 Å². The van der Waals surface area contributed by atoms with Gasteiger partial charge >= 0.3 is 0 Å². The zero-order valence-corrected chi connectivity index (χ0v) is 10.8. The molecule has 1 saturated heterocycles. The van der Waals surface area contributed by atoms with Crippen molar-refractivity contribution in [3.05, 3.63) is 34.6 Å². The SMILES string of the molecule is O=[N+]([O-])c1ccc2ncnc(OCC3CCCN3)c2c1. The summed E-state index contributed by atoms with van der Waals surface area (Å²) >= 11 is 0. The predicted molar refractivity (Wildman–Crippen MR) is 72.7 cm³/mol. The third-order valence-electron chi connectivity index (χ3n) is 3.38. The molecule has 1 fully saturated rings. The summed E-state index contributed by atoms with van der Waals surface area (Å²) in [6.45, 7) is 1.51. The molecule has 2 heterocycles. The molecule has 20 heavy (non-hydrogen) atoms. The monoisotopic (exact) mass is 274 g/mol. The van der Waals surface area contributed by atoms with Crippen molar-refractivity contribution in [1.29, 1.82) is 0 Å². The molecule has 1 N–H and O–H groups in total. The first-order valence-electron chi connectivity index (χ1n) is 6.49. The van der Waals surface area contributed by atoms with Gasteiger partial charge in [0, 0.05) is 18.2 Å². The Morgan fingerprint density at radius 1 is 1.45 bits per heavy atom. The fraction of sp³-hybridized carbons (Fsp3) is 0.385. The summed E-state index contributed by atoms with van der Waals surface area (Å²) in [5.74, 6) is 0.396. The highest BCUT2D eigenvalue weighted by Crippen LogP contribution is 2.26. The largest absolute Gasteiger partial charge is 0.475 e. The number of ether oxygens (including phenoxy) is 1. The standard InChI is InChI=1S/C13H14N4O3/c18-17(19)10-3-4-12-11(6-10)13(16-8-15-12)20-7-9-2-1-5-14-9/h3-4,6,8-9,14H,1-2,5,7H2. The summed E-state index contributed by atoms with van der Waals surface area (Å²) in [4.78, 5) is 18.6. The highest BCUT2D eigenvalue weighted by molar-refractivity contribution is 5.85. The maximum Gasteiger partial charge on any atom is 0.270 e. The Bertz CT molecular complexity index is 641. The van der Waals surface area contributed by atoms with Gasteiger partial charge in [-0.25, -0.2) is 9.97 Å². The number of nitrogens with one attached hydrogen (secondary N) is 1. The Morgan fingerprint density at radius 3 is 3.10 bits per heavy atom. The van der Waals surface area contributed by atoms with Gasteiger partial charge in [0.2, 0.25) is 5.88 Å². The van der Waals surface area contributed by atoms with Gasteiger partial charge in [0.05, 0.1) is 15.8 Å². The molecule has 1 aromatic heterocycles. The van der Waals surface area contributed by atoms with Gasteiger partial charge in [-0.3, -0.25) is 10.1 Å². The van der Waals surface area contributed by atoms with Crippen molar-refractivity contribution in [2.24, 2.45) is 0 Å². The molecule has 0 saturated carbocycles. The lowest BCUT2D eigenvalue weighted by Crippen LogP contribution is -2.28. The van der Waals surface area contributed by atoms with Crippen LogP contribution < -0.4 is 10.1 Å². The lowest BCUT2D eigenvalue weighted by molar-refractivity contribution is -0.384. The van der Waals surface area contributed by atoms with Crippen molar-refractivity contribution in [3.8, 4) is 5.88 Å². The van der Waals surface area contributed by atoms with E-state index in [1.165, 1.54) is 18.5 Å². The van der Waals surface area contributed by atoms with Gasteiger partial charge in [-0.05, 0) is 25.5 Å². The number of benzene rings is 1. The summed E-state index contributed by atoms with van der Waals surface area (Å²) in [5, 5.41) is 14.7. The van der Waals surface area contributed by atoms with Gasteiger partial charge in [-0.1, -0.05) is 0 Å². The van der Waals surface area contributed by atoms with E-state index in [0.717, 1.165) is 19.4 Å². The van der Waals surface area contributed by atoms with E-state index in [1.54, 1.807) is 6.07 Å². The van der Waals surface area contributed by atoms with Gasteiger partial charge in [0.15, 0.2) is 0 Å². The third-order valence-corrected chi connectivity index (χ3v) is 3.38. The molecule has 3 rings (SSSR count). The molecule has 1 aliphatic heterocycles. The van der Waals surface area contributed by atoms with Crippen molar-refractivity contribution in [1.82, 2.24) is 15.3 Å². The van der Waals surface area contributed by atoms with Crippen LogP contribution >= 0.6 is 0 Å². The van der Waals surface area contributed by atoms with Gasteiger partial charge in [-0.15, -0.1) is 0 Å². The Morgan fingerprint density at radius 2 is 2.35 bits per heavy atom. The first-order valence-corrected chi connectivity index (χ1v) is 6.49. The number of hydrogen-bond acceptors (Lipinski definition) is 6. The Labute approximate surface area is 115 Å². The van der Waals surface area contributed by atoms with Crippen LogP contribution in [0.2, 0.25) is 0 Å². The van der Waals surface area contributed by atoms with Crippen LogP contribution in [-0.4, -0.2) is 34.1 Å². The summed E-state index contributed by atoms with van der Waals surface area (Å²) in [6.07, 6.45) is 3.62. The Kier molecular flexibility index (Phi) is 3.42. The number of aromatic nitrogens is 2. The van der Waals surface area contributed by atoms with Crippen LogP contribution in [0.3, 0.4) is 0 Å². The van der Waals surface area contributed by atoms with Crippen LogP contribution in [0.5, 0.6) is 5.88 Å². The molecule has 0 radical (unpaired) electrons. The molecule has 0 aliphatic carbocycles. The van der Waals surface area contributed by atoms with Crippen LogP contribution in [0.1, 0.15) is 12.8 Å². The highest BCUT2D eigenvalue weighted by Gasteiger charge is 2.16. The van der Waals surface area contributed by atoms with Crippen LogP contribution in [0.25, 0.3) is 10.9 Å². The lowest BCUT2D eigenvalue weighted by Gasteiger charge is -2.12. The minimum absolute atomic E-state index is 0.0103. The van der Waals surface area contributed by atoms with E-state index in [9.17, 15) is 10.1 Å². The fourth-order valence-corrected chi connectivity index (χ4v) is 2.33. The molecule has 1 unspecified atom stereocenters. The fourth-order valence-electron chi connectivity index (χ4n) is 2.33. The molecular formula is C13H14N4O3. The second-order valence-corrected chi connectivity index (χ2v) is 4.74. The van der Waals surface area contributed by atoms with E-state index in [0.29, 0.717) is 29.4 Å². The van der Waals surface area contributed by atoms with Crippen LogP contribution in [0.15, 0.2) is 24.5 Å². The topological polar surface area (TPSA) is 90.2 Å². The van der Waals surface area contributed by atoms with Gasteiger partial charge in [0.25, 0.3) is 5.69 Å². The van der Waals surface area contributed by atoms with Crippen LogP contribution in [0, 0.1) is 10.1 Å². The van der Waals surface area contributed by atoms with Gasteiger partial charge in [-0.2, -0.15) is 0 Å². The van der Waals surface area contributed by atoms with Crippen molar-refractivity contribution in [2.75, 3.05) is 13.2 Å². The van der Waals surface area contributed by atoms with Gasteiger partial charge < -0.3 is 10.1 Å². The molecule has 1 aromatic carbocycles. The van der Waals surface area contributed by atoms with Crippen LogP contribution in [-0.2, 0) is 0 Å². The van der Waals surface area contributed by atoms with E-state index in [2.05, 4.69) is 15.3 Å². The third kappa shape index (κ3) is 2.53. The molecule has 0 spiro atoms. The highest BCUT2D eigenvalue weighted by atomic mass is 16.6. The maximum atomic E-state index is 10.8. The van der Waals surface area contributed by atoms with Crippen molar-refractivity contribution < 1.29 is 9.66 Å². The Balaban J connectivity index is 1.88. The predicted octanol–water partition coefficient (Wildman–Crippen LogP) is 1.67. The normalized spacial score (nSPS) is 18.3. The zero-order valence-electron chi connectivity index (χ0n) is 10.8. The smallest absolute Gasteiger partial charge is 0.270 e. The molecule has 1 aliphatic rings. The minimum atomic E-state index is -0.436. The first kappa shape index (κ1) is 12.7. The Hall–Kier alpha value is -2.28. The average Bonchev–Trinajstić information content (AvgIpc) is 2.97. The van der Waals surface area contributed by atoms with E-state index in [4.69, 9.17) is 4.74 Å². The number of fused-ring (bicyclic) bond motifs is 1. The molecule has 7 heteroatoms. The quantitative estimate of drug-likeness (QED) is 0.673. The molecule has 0 bridgehead atoms. The number of non-ortho nitro benzene ring substituents is 1. The second-order valence-electron chi connectivity index (χ2n) is 4.74. The number of rotatable bonds is 4. The molecule has 0 amide bonds. The summed E-state index contributed by atoms with van der Waals surface area (Å²) in [5.41, 5.74) is 0.649. The second kappa shape index (κ2) is 5.38. The summed E-state index contributed by atoms with van der Waals surface area (Å²) in [7, 11) is 0. The minimum Gasteiger partial charge on any atom is -0.475 e. The number of nitro benzene ring substituents is 1. The van der Waals surface area contributed by atoms with E-state index >= 15 is 0 Å². The van der Waals surface area contributed by atoms with E-state index < -0.39 is 4.92 Å². The molecule has 7 nitrogen and oxygen atoms in total. The summed E-state index contributed by atoms with van der Waals surface area (Å²) in [6, 6.07) is 4.80.